The molecule has 1 heterocycles. The monoisotopic (exact) mass is 485 g/mol. The average Bonchev–Trinajstić information content (AvgIpc) is 3.04. The summed E-state index contributed by atoms with van der Waals surface area (Å²) in [5, 5.41) is 1.36. The van der Waals surface area contributed by atoms with Crippen molar-refractivity contribution in [3.8, 4) is 5.75 Å². The van der Waals surface area contributed by atoms with E-state index >= 15 is 0 Å². The number of nitrogens with zero attached hydrogens (tertiary/aromatic N) is 1. The SMILES string of the molecule is COc1cc(Cl)c(CC2CCN(C3CCC(O[Si](C)(C)C(C)(C)C)CC3)C2=O)c(Cl)c1. The summed E-state index contributed by atoms with van der Waals surface area (Å²) in [7, 11) is -0.156. The van der Waals surface area contributed by atoms with Crippen molar-refractivity contribution >= 4 is 37.4 Å². The molecule has 3 rings (SSSR count). The smallest absolute Gasteiger partial charge is 0.226 e. The molecule has 1 aromatic rings. The minimum absolute atomic E-state index is 0.0513. The number of rotatable bonds is 6. The Labute approximate surface area is 198 Å². The van der Waals surface area contributed by atoms with Gasteiger partial charge < -0.3 is 14.1 Å². The molecule has 1 atom stereocenters. The summed E-state index contributed by atoms with van der Waals surface area (Å²) in [6, 6.07) is 3.87. The Hall–Kier alpha value is -0.753. The molecule has 4 nitrogen and oxygen atoms in total. The van der Waals surface area contributed by atoms with Crippen molar-refractivity contribution in [2.24, 2.45) is 5.92 Å². The summed E-state index contributed by atoms with van der Waals surface area (Å²) in [5.41, 5.74) is 0.843. The number of benzene rings is 1. The number of hydrogen-bond acceptors (Lipinski definition) is 3. The summed E-state index contributed by atoms with van der Waals surface area (Å²) in [4.78, 5) is 15.3. The Balaban J connectivity index is 1.57. The lowest BCUT2D eigenvalue weighted by Gasteiger charge is -2.42. The number of amides is 1. The van der Waals surface area contributed by atoms with Crippen LogP contribution < -0.4 is 4.74 Å². The minimum atomic E-state index is -1.75. The maximum Gasteiger partial charge on any atom is 0.226 e. The molecule has 1 saturated heterocycles. The molecule has 0 spiro atoms. The number of hydrogen-bond donors (Lipinski definition) is 0. The highest BCUT2D eigenvalue weighted by atomic mass is 35.5. The van der Waals surface area contributed by atoms with E-state index in [4.69, 9.17) is 32.4 Å². The van der Waals surface area contributed by atoms with Gasteiger partial charge >= 0.3 is 0 Å². The zero-order valence-electron chi connectivity index (χ0n) is 19.8. The summed E-state index contributed by atoms with van der Waals surface area (Å²) in [6.07, 6.45) is 5.92. The van der Waals surface area contributed by atoms with Gasteiger partial charge in [0.25, 0.3) is 0 Å². The third-order valence-electron chi connectivity index (χ3n) is 7.50. The van der Waals surface area contributed by atoms with Crippen LogP contribution in [0.1, 0.15) is 58.4 Å². The fourth-order valence-corrected chi connectivity index (χ4v) is 6.57. The molecule has 2 fully saturated rings. The zero-order valence-corrected chi connectivity index (χ0v) is 22.3. The third kappa shape index (κ3) is 5.60. The highest BCUT2D eigenvalue weighted by Gasteiger charge is 2.42. The molecule has 174 valence electrons. The van der Waals surface area contributed by atoms with Gasteiger partial charge in [-0.05, 0) is 74.4 Å². The molecule has 1 amide bonds. The van der Waals surface area contributed by atoms with Gasteiger partial charge in [0.05, 0.1) is 7.11 Å². The molecule has 1 aliphatic carbocycles. The van der Waals surface area contributed by atoms with E-state index < -0.39 is 8.32 Å². The maximum absolute atomic E-state index is 13.2. The molecule has 0 radical (unpaired) electrons. The average molecular weight is 487 g/mol. The second kappa shape index (κ2) is 9.62. The van der Waals surface area contributed by atoms with E-state index in [1.165, 1.54) is 0 Å². The molecular weight excluding hydrogens is 449 g/mol. The highest BCUT2D eigenvalue weighted by Crippen LogP contribution is 2.40. The van der Waals surface area contributed by atoms with E-state index in [-0.39, 0.29) is 16.9 Å². The minimum Gasteiger partial charge on any atom is -0.497 e. The first kappa shape index (κ1) is 24.9. The zero-order chi connectivity index (χ0) is 23.0. The molecule has 0 bridgehead atoms. The van der Waals surface area contributed by atoms with Crippen LogP contribution >= 0.6 is 23.2 Å². The van der Waals surface area contributed by atoms with Crippen LogP contribution in [0.15, 0.2) is 12.1 Å². The van der Waals surface area contributed by atoms with Gasteiger partial charge in [0.1, 0.15) is 5.75 Å². The standard InChI is InChI=1S/C24H37Cl2NO3Si/c1-24(2,3)31(5,6)30-18-9-7-17(8-10-18)27-12-11-16(23(27)28)13-20-21(25)14-19(29-4)15-22(20)26/h14-18H,7-13H2,1-6H3. The van der Waals surface area contributed by atoms with Crippen LogP contribution in [0.2, 0.25) is 28.2 Å². The summed E-state index contributed by atoms with van der Waals surface area (Å²) in [6.45, 7) is 12.3. The quantitative estimate of drug-likeness (QED) is 0.419. The molecule has 1 saturated carbocycles. The van der Waals surface area contributed by atoms with E-state index in [0.717, 1.165) is 44.2 Å². The van der Waals surface area contributed by atoms with E-state index in [1.54, 1.807) is 19.2 Å². The first-order valence-corrected chi connectivity index (χ1v) is 15.1. The number of likely N-dealkylation sites (tertiary alicyclic amines) is 1. The van der Waals surface area contributed by atoms with Crippen molar-refractivity contribution in [1.29, 1.82) is 0 Å². The Bertz CT molecular complexity index is 777. The van der Waals surface area contributed by atoms with Crippen LogP contribution in [0.3, 0.4) is 0 Å². The lowest BCUT2D eigenvalue weighted by atomic mass is 9.92. The lowest BCUT2D eigenvalue weighted by molar-refractivity contribution is -0.133. The summed E-state index contributed by atoms with van der Waals surface area (Å²) in [5.74, 6) is 0.830. The normalized spacial score (nSPS) is 25.2. The van der Waals surface area contributed by atoms with Crippen LogP contribution in [0, 0.1) is 5.92 Å². The molecule has 2 aliphatic rings. The fourth-order valence-electron chi connectivity index (χ4n) is 4.52. The number of methoxy groups -OCH3 is 1. The van der Waals surface area contributed by atoms with Crippen LogP contribution in [-0.4, -0.2) is 44.9 Å². The van der Waals surface area contributed by atoms with Crippen molar-refractivity contribution in [3.05, 3.63) is 27.7 Å². The van der Waals surface area contributed by atoms with E-state index in [9.17, 15) is 4.79 Å². The first-order chi connectivity index (χ1) is 14.4. The summed E-state index contributed by atoms with van der Waals surface area (Å²) >= 11 is 12.9. The number of carbonyl (C=O) groups is 1. The molecule has 31 heavy (non-hydrogen) atoms. The van der Waals surface area contributed by atoms with Gasteiger partial charge in [0.2, 0.25) is 5.91 Å². The van der Waals surface area contributed by atoms with Crippen molar-refractivity contribution < 1.29 is 14.0 Å². The Morgan fingerprint density at radius 3 is 2.16 bits per heavy atom. The van der Waals surface area contributed by atoms with E-state index in [1.807, 2.05) is 0 Å². The van der Waals surface area contributed by atoms with Gasteiger partial charge in [0, 0.05) is 34.7 Å². The Morgan fingerprint density at radius 1 is 1.06 bits per heavy atom. The predicted octanol–water partition coefficient (Wildman–Crippen LogP) is 6.73. The second-order valence-electron chi connectivity index (χ2n) is 10.6. The van der Waals surface area contributed by atoms with Crippen molar-refractivity contribution in [2.75, 3.05) is 13.7 Å². The summed E-state index contributed by atoms with van der Waals surface area (Å²) < 4.78 is 11.8. The van der Waals surface area contributed by atoms with Crippen LogP contribution in [-0.2, 0) is 15.6 Å². The van der Waals surface area contributed by atoms with E-state index in [2.05, 4.69) is 38.8 Å². The lowest BCUT2D eigenvalue weighted by Crippen LogP contribution is -2.47. The first-order valence-electron chi connectivity index (χ1n) is 11.4. The van der Waals surface area contributed by atoms with Crippen molar-refractivity contribution in [3.63, 3.8) is 0 Å². The van der Waals surface area contributed by atoms with Gasteiger partial charge in [-0.3, -0.25) is 4.79 Å². The molecule has 1 aromatic carbocycles. The number of carbonyl (C=O) groups excluding carboxylic acids is 1. The van der Waals surface area contributed by atoms with Crippen molar-refractivity contribution in [1.82, 2.24) is 4.90 Å². The van der Waals surface area contributed by atoms with Gasteiger partial charge in [-0.15, -0.1) is 0 Å². The molecule has 7 heteroatoms. The second-order valence-corrected chi connectivity index (χ2v) is 16.2. The van der Waals surface area contributed by atoms with Gasteiger partial charge in [-0.25, -0.2) is 0 Å². The Kier molecular flexibility index (Phi) is 7.72. The van der Waals surface area contributed by atoms with E-state index in [0.29, 0.717) is 34.4 Å². The molecule has 1 aliphatic heterocycles. The third-order valence-corrected chi connectivity index (χ3v) is 12.7. The molecule has 1 unspecified atom stereocenters. The largest absolute Gasteiger partial charge is 0.497 e. The Morgan fingerprint density at radius 2 is 1.65 bits per heavy atom. The molecule has 0 aromatic heterocycles. The predicted molar refractivity (Wildman–Crippen MR) is 131 cm³/mol. The number of halogens is 2. The van der Waals surface area contributed by atoms with Crippen LogP contribution in [0.4, 0.5) is 0 Å². The van der Waals surface area contributed by atoms with Crippen molar-refractivity contribution in [2.45, 2.75) is 89.6 Å². The topological polar surface area (TPSA) is 38.8 Å². The maximum atomic E-state index is 13.2. The highest BCUT2D eigenvalue weighted by molar-refractivity contribution is 6.74. The van der Waals surface area contributed by atoms with Crippen LogP contribution in [0.25, 0.3) is 0 Å². The van der Waals surface area contributed by atoms with Gasteiger partial charge in [-0.1, -0.05) is 44.0 Å². The molecular formula is C24H37Cl2NO3Si. The fraction of sp³-hybridized carbons (Fsp3) is 0.708. The van der Waals surface area contributed by atoms with Gasteiger partial charge in [-0.2, -0.15) is 0 Å². The number of ether oxygens (including phenoxy) is 1. The van der Waals surface area contributed by atoms with Gasteiger partial charge in [0.15, 0.2) is 8.32 Å². The molecule has 0 N–H and O–H groups in total. The van der Waals surface area contributed by atoms with Crippen LogP contribution in [0.5, 0.6) is 5.75 Å².